The second kappa shape index (κ2) is 10.7. The Labute approximate surface area is 158 Å². The normalized spacial score (nSPS) is 13.4. The van der Waals surface area contributed by atoms with E-state index in [0.29, 0.717) is 0 Å². The quantitative estimate of drug-likeness (QED) is 0.602. The van der Waals surface area contributed by atoms with Crippen LogP contribution in [-0.2, 0) is 6.42 Å². The van der Waals surface area contributed by atoms with Gasteiger partial charge in [0.05, 0.1) is 0 Å². The monoisotopic (exact) mass is 360 g/mol. The number of aromatic nitrogens is 1. The van der Waals surface area contributed by atoms with Crippen molar-refractivity contribution in [3.8, 4) is 0 Å². The van der Waals surface area contributed by atoms with E-state index in [0.717, 1.165) is 13.0 Å². The number of hydrogen-bond donors (Lipinski definition) is 2. The molecule has 0 aliphatic carbocycles. The standard InChI is InChI=1S/C22H32N2.ClH/c1-2-3-4-5-6-7-8-9-10-15-21-22-19(16-17-23-21)18-13-11-12-14-20(18)24-22;/h11-14,24H,2-10,15-17H2,1H3;1H. The largest absolute Gasteiger partial charge is 1.00 e. The summed E-state index contributed by atoms with van der Waals surface area (Å²) in [4.78, 5) is 7.29. The van der Waals surface area contributed by atoms with Crippen LogP contribution < -0.4 is 17.4 Å². The summed E-state index contributed by atoms with van der Waals surface area (Å²) in [5.41, 5.74) is 5.63. The predicted molar refractivity (Wildman–Crippen MR) is 104 cm³/mol. The fourth-order valence-corrected chi connectivity index (χ4v) is 3.97. The number of nitrogens with one attached hydrogen (secondary N) is 2. The highest BCUT2D eigenvalue weighted by molar-refractivity contribution is 6.02. The molecule has 0 saturated heterocycles. The average Bonchev–Trinajstić information content (AvgIpc) is 3.00. The lowest BCUT2D eigenvalue weighted by Crippen LogP contribution is -3.00. The minimum Gasteiger partial charge on any atom is -1.00 e. The van der Waals surface area contributed by atoms with Gasteiger partial charge in [0, 0.05) is 23.7 Å². The third-order valence-corrected chi connectivity index (χ3v) is 5.36. The van der Waals surface area contributed by atoms with Crippen LogP contribution in [0.1, 0.15) is 82.4 Å². The van der Waals surface area contributed by atoms with Crippen LogP contribution in [0.4, 0.5) is 0 Å². The third-order valence-electron chi connectivity index (χ3n) is 5.36. The molecule has 1 aromatic carbocycles. The number of aromatic amines is 1. The van der Waals surface area contributed by atoms with Crippen molar-refractivity contribution in [3.05, 3.63) is 35.5 Å². The summed E-state index contributed by atoms with van der Waals surface area (Å²) in [5.74, 6) is 0. The van der Waals surface area contributed by atoms with Crippen LogP contribution in [0.15, 0.2) is 24.3 Å². The number of benzene rings is 1. The van der Waals surface area contributed by atoms with E-state index in [4.69, 9.17) is 0 Å². The van der Waals surface area contributed by atoms with Gasteiger partial charge in [0.15, 0.2) is 5.71 Å². The highest BCUT2D eigenvalue weighted by Crippen LogP contribution is 2.24. The first kappa shape index (κ1) is 20.0. The zero-order valence-corrected chi connectivity index (χ0v) is 16.4. The number of para-hydroxylation sites is 1. The van der Waals surface area contributed by atoms with Crippen LogP contribution >= 0.6 is 0 Å². The summed E-state index contributed by atoms with van der Waals surface area (Å²) in [6, 6.07) is 8.73. The first-order chi connectivity index (χ1) is 11.9. The molecular formula is C22H33ClN2. The van der Waals surface area contributed by atoms with Crippen molar-refractivity contribution >= 4 is 16.6 Å². The number of unbranched alkanes of at least 4 members (excludes halogenated alkanes) is 8. The van der Waals surface area contributed by atoms with Crippen LogP contribution in [-0.4, -0.2) is 17.2 Å². The fraction of sp³-hybridized carbons (Fsp3) is 0.591. The van der Waals surface area contributed by atoms with Gasteiger partial charge in [-0.25, -0.2) is 4.99 Å². The van der Waals surface area contributed by atoms with E-state index < -0.39 is 0 Å². The minimum absolute atomic E-state index is 0. The topological polar surface area (TPSA) is 29.8 Å². The van der Waals surface area contributed by atoms with Gasteiger partial charge in [-0.2, -0.15) is 0 Å². The van der Waals surface area contributed by atoms with Gasteiger partial charge in [-0.1, -0.05) is 76.5 Å². The molecular weight excluding hydrogens is 328 g/mol. The van der Waals surface area contributed by atoms with Gasteiger partial charge in [0.2, 0.25) is 0 Å². The van der Waals surface area contributed by atoms with Gasteiger partial charge in [-0.3, -0.25) is 0 Å². The Hall–Kier alpha value is -1.28. The molecule has 0 atom stereocenters. The maximum absolute atomic E-state index is 3.65. The first-order valence-electron chi connectivity index (χ1n) is 10.1. The molecule has 0 amide bonds. The van der Waals surface area contributed by atoms with Crippen molar-refractivity contribution in [1.29, 1.82) is 0 Å². The molecule has 0 spiro atoms. The van der Waals surface area contributed by atoms with Gasteiger partial charge in [0.1, 0.15) is 12.2 Å². The van der Waals surface area contributed by atoms with E-state index in [-0.39, 0.29) is 12.4 Å². The van der Waals surface area contributed by atoms with Crippen LogP contribution in [0.25, 0.3) is 10.9 Å². The zero-order chi connectivity index (χ0) is 16.6. The van der Waals surface area contributed by atoms with E-state index in [1.807, 2.05) is 0 Å². The molecule has 1 aliphatic rings. The maximum Gasteiger partial charge on any atom is 0.198 e. The molecule has 1 aromatic heterocycles. The Morgan fingerprint density at radius 3 is 2.36 bits per heavy atom. The van der Waals surface area contributed by atoms with Crippen molar-refractivity contribution in [2.24, 2.45) is 0 Å². The van der Waals surface area contributed by atoms with E-state index in [9.17, 15) is 0 Å². The second-order valence-electron chi connectivity index (χ2n) is 7.26. The number of fused-ring (bicyclic) bond motifs is 3. The number of H-pyrrole nitrogens is 1. The van der Waals surface area contributed by atoms with Gasteiger partial charge in [-0.15, -0.1) is 0 Å². The number of hydrogen-bond acceptors (Lipinski definition) is 0. The van der Waals surface area contributed by atoms with Crippen LogP contribution in [0, 0.1) is 0 Å². The second-order valence-corrected chi connectivity index (χ2v) is 7.26. The summed E-state index contributed by atoms with van der Waals surface area (Å²) in [7, 11) is 0. The van der Waals surface area contributed by atoms with Crippen LogP contribution in [0.3, 0.4) is 0 Å². The van der Waals surface area contributed by atoms with Crippen LogP contribution in [0.5, 0.6) is 0 Å². The van der Waals surface area contributed by atoms with Gasteiger partial charge >= 0.3 is 0 Å². The Balaban J connectivity index is 0.00000225. The smallest absolute Gasteiger partial charge is 0.198 e. The molecule has 3 rings (SSSR count). The Kier molecular flexibility index (Phi) is 8.54. The molecule has 2 nitrogen and oxygen atoms in total. The molecule has 138 valence electrons. The Bertz CT molecular complexity index is 672. The third kappa shape index (κ3) is 5.34. The summed E-state index contributed by atoms with van der Waals surface area (Å²) in [6.07, 6.45) is 14.9. The molecule has 0 unspecified atom stereocenters. The number of rotatable bonds is 10. The van der Waals surface area contributed by atoms with Crippen molar-refractivity contribution in [1.82, 2.24) is 4.98 Å². The van der Waals surface area contributed by atoms with E-state index in [1.165, 1.54) is 92.1 Å². The highest BCUT2D eigenvalue weighted by Gasteiger charge is 2.23. The molecule has 2 heterocycles. The molecule has 2 N–H and O–H groups in total. The molecule has 0 radical (unpaired) electrons. The summed E-state index contributed by atoms with van der Waals surface area (Å²) < 4.78 is 0. The summed E-state index contributed by atoms with van der Waals surface area (Å²) in [6.45, 7) is 3.37. The minimum atomic E-state index is 0. The lowest BCUT2D eigenvalue weighted by atomic mass is 9.98. The van der Waals surface area contributed by atoms with Gasteiger partial charge in [0.25, 0.3) is 0 Å². The van der Waals surface area contributed by atoms with Crippen molar-refractivity contribution in [3.63, 3.8) is 0 Å². The van der Waals surface area contributed by atoms with Gasteiger partial charge in [-0.05, 0) is 18.1 Å². The van der Waals surface area contributed by atoms with Crippen molar-refractivity contribution < 1.29 is 17.4 Å². The Morgan fingerprint density at radius 2 is 1.60 bits per heavy atom. The Morgan fingerprint density at radius 1 is 0.920 bits per heavy atom. The highest BCUT2D eigenvalue weighted by atomic mass is 35.5. The summed E-state index contributed by atoms with van der Waals surface area (Å²) >= 11 is 0. The lowest BCUT2D eigenvalue weighted by molar-refractivity contribution is -0.459. The molecule has 25 heavy (non-hydrogen) atoms. The zero-order valence-electron chi connectivity index (χ0n) is 15.7. The van der Waals surface area contributed by atoms with Crippen LogP contribution in [0.2, 0.25) is 0 Å². The van der Waals surface area contributed by atoms with E-state index in [1.54, 1.807) is 0 Å². The molecule has 0 fully saturated rings. The fourth-order valence-electron chi connectivity index (χ4n) is 3.97. The lowest BCUT2D eigenvalue weighted by Gasteiger charge is -2.08. The molecule has 3 heteroatoms. The van der Waals surface area contributed by atoms with E-state index in [2.05, 4.69) is 41.2 Å². The number of halogens is 1. The molecule has 1 aliphatic heterocycles. The predicted octanol–water partition coefficient (Wildman–Crippen LogP) is 1.52. The van der Waals surface area contributed by atoms with Gasteiger partial charge < -0.3 is 17.4 Å². The van der Waals surface area contributed by atoms with Crippen molar-refractivity contribution in [2.75, 3.05) is 6.54 Å². The average molecular weight is 361 g/mol. The van der Waals surface area contributed by atoms with E-state index >= 15 is 0 Å². The SMILES string of the molecule is CCCCCCCCCCCC1=[NH+]CCc2c1[nH]c1ccccc21.[Cl-]. The first-order valence-corrected chi connectivity index (χ1v) is 10.1. The van der Waals surface area contributed by atoms with Crippen molar-refractivity contribution in [2.45, 2.75) is 77.6 Å². The molecule has 2 aromatic rings. The molecule has 0 bridgehead atoms. The molecule has 0 saturated carbocycles. The maximum atomic E-state index is 3.65. The summed E-state index contributed by atoms with van der Waals surface area (Å²) in [5, 5.41) is 1.42.